The first kappa shape index (κ1) is 16.5. The highest BCUT2D eigenvalue weighted by Crippen LogP contribution is 2.28. The number of hydrogen-bond acceptors (Lipinski definition) is 5. The predicted molar refractivity (Wildman–Crippen MR) is 80.6 cm³/mol. The second kappa shape index (κ2) is 6.94. The van der Waals surface area contributed by atoms with E-state index in [2.05, 4.69) is 0 Å². The summed E-state index contributed by atoms with van der Waals surface area (Å²) >= 11 is 0. The molecule has 0 saturated carbocycles. The second-order valence-corrected chi connectivity index (χ2v) is 5.83. The zero-order chi connectivity index (χ0) is 16.2. The number of esters is 1. The van der Waals surface area contributed by atoms with Gasteiger partial charge in [0.15, 0.2) is 0 Å². The summed E-state index contributed by atoms with van der Waals surface area (Å²) in [5.74, 6) is -1.42. The molecule has 0 aromatic heterocycles. The van der Waals surface area contributed by atoms with Crippen LogP contribution in [0.5, 0.6) is 0 Å². The van der Waals surface area contributed by atoms with Crippen LogP contribution in [-0.2, 0) is 25.6 Å². The van der Waals surface area contributed by atoms with Crippen molar-refractivity contribution in [1.82, 2.24) is 0 Å². The molecule has 0 fully saturated rings. The number of rotatable bonds is 6. The fraction of sp³-hybridized carbons (Fsp3) is 0.471. The summed E-state index contributed by atoms with van der Waals surface area (Å²) in [6.07, 6.45) is 0.507. The van der Waals surface area contributed by atoms with Crippen LogP contribution in [0.25, 0.3) is 0 Å². The van der Waals surface area contributed by atoms with E-state index in [9.17, 15) is 9.90 Å². The quantitative estimate of drug-likeness (QED) is 0.818. The molecule has 2 atom stereocenters. The fourth-order valence-corrected chi connectivity index (χ4v) is 2.15. The summed E-state index contributed by atoms with van der Waals surface area (Å²) in [7, 11) is 0. The van der Waals surface area contributed by atoms with Crippen LogP contribution >= 0.6 is 0 Å². The smallest absolute Gasteiger partial charge is 0.337 e. The summed E-state index contributed by atoms with van der Waals surface area (Å²) < 4.78 is 16.1. The minimum Gasteiger partial charge on any atom is -0.456 e. The molecule has 1 aliphatic heterocycles. The van der Waals surface area contributed by atoms with Gasteiger partial charge in [0.05, 0.1) is 25.4 Å². The van der Waals surface area contributed by atoms with E-state index in [1.807, 2.05) is 30.3 Å². The normalized spacial score (nSPS) is 19.6. The van der Waals surface area contributed by atoms with Crippen molar-refractivity contribution in [1.29, 1.82) is 0 Å². The van der Waals surface area contributed by atoms with Crippen LogP contribution in [0.2, 0.25) is 0 Å². The Hall–Kier alpha value is -1.85. The van der Waals surface area contributed by atoms with Gasteiger partial charge < -0.3 is 19.3 Å². The van der Waals surface area contributed by atoms with Crippen molar-refractivity contribution in [3.63, 3.8) is 0 Å². The molecule has 1 aliphatic rings. The lowest BCUT2D eigenvalue weighted by Gasteiger charge is -2.34. The van der Waals surface area contributed by atoms with Gasteiger partial charge in [-0.15, -0.1) is 0 Å². The van der Waals surface area contributed by atoms with Crippen molar-refractivity contribution < 1.29 is 24.1 Å². The van der Waals surface area contributed by atoms with E-state index in [4.69, 9.17) is 14.2 Å². The fourth-order valence-electron chi connectivity index (χ4n) is 2.15. The highest BCUT2D eigenvalue weighted by atomic mass is 16.7. The summed E-state index contributed by atoms with van der Waals surface area (Å²) in [5, 5.41) is 10.2. The number of cyclic esters (lactones) is 1. The standard InChI is InChI=1S/C17H22O5/c1-12(15-9-16(19)22-17(2,3)21-15)14(18)11-20-10-13-7-5-4-6-8-13/h4-9,12,14,18H,10-11H2,1-3H3/t12-,14+/m0/s1. The highest BCUT2D eigenvalue weighted by Gasteiger charge is 2.34. The summed E-state index contributed by atoms with van der Waals surface area (Å²) in [4.78, 5) is 11.5. The minimum absolute atomic E-state index is 0.159. The second-order valence-electron chi connectivity index (χ2n) is 5.83. The highest BCUT2D eigenvalue weighted by molar-refractivity contribution is 5.83. The van der Waals surface area contributed by atoms with Crippen LogP contribution in [-0.4, -0.2) is 29.6 Å². The number of aliphatic hydroxyl groups is 1. The molecule has 5 heteroatoms. The molecule has 1 aromatic carbocycles. The van der Waals surface area contributed by atoms with Gasteiger partial charge in [0.2, 0.25) is 5.79 Å². The molecule has 1 aromatic rings. The molecule has 0 bridgehead atoms. The van der Waals surface area contributed by atoms with Crippen LogP contribution in [0.3, 0.4) is 0 Å². The Kier molecular flexibility index (Phi) is 5.21. The molecule has 0 aliphatic carbocycles. The van der Waals surface area contributed by atoms with Crippen molar-refractivity contribution in [2.75, 3.05) is 6.61 Å². The van der Waals surface area contributed by atoms with Gasteiger partial charge in [-0.1, -0.05) is 37.3 Å². The molecule has 0 amide bonds. The number of ether oxygens (including phenoxy) is 3. The van der Waals surface area contributed by atoms with Crippen LogP contribution in [0.4, 0.5) is 0 Å². The molecule has 1 N–H and O–H groups in total. The Labute approximate surface area is 130 Å². The van der Waals surface area contributed by atoms with Crippen molar-refractivity contribution in [3.8, 4) is 0 Å². The van der Waals surface area contributed by atoms with Crippen LogP contribution in [0, 0.1) is 5.92 Å². The molecular weight excluding hydrogens is 284 g/mol. The first-order valence-electron chi connectivity index (χ1n) is 7.31. The zero-order valence-corrected chi connectivity index (χ0v) is 13.1. The summed E-state index contributed by atoms with van der Waals surface area (Å²) in [6, 6.07) is 9.73. The van der Waals surface area contributed by atoms with E-state index in [1.54, 1.807) is 20.8 Å². The number of hydrogen-bond donors (Lipinski definition) is 1. The average molecular weight is 306 g/mol. The number of aliphatic hydroxyl groups excluding tert-OH is 1. The van der Waals surface area contributed by atoms with E-state index < -0.39 is 17.9 Å². The first-order chi connectivity index (χ1) is 10.4. The maximum absolute atomic E-state index is 11.5. The topological polar surface area (TPSA) is 65.0 Å². The van der Waals surface area contributed by atoms with E-state index in [-0.39, 0.29) is 12.5 Å². The molecule has 1 heterocycles. The lowest BCUT2D eigenvalue weighted by atomic mass is 10.0. The van der Waals surface area contributed by atoms with Gasteiger partial charge in [0, 0.05) is 19.8 Å². The van der Waals surface area contributed by atoms with Gasteiger partial charge in [0.1, 0.15) is 5.76 Å². The van der Waals surface area contributed by atoms with E-state index in [0.717, 1.165) is 5.56 Å². The lowest BCUT2D eigenvalue weighted by molar-refractivity contribution is -0.210. The molecule has 5 nitrogen and oxygen atoms in total. The van der Waals surface area contributed by atoms with Gasteiger partial charge in [-0.2, -0.15) is 0 Å². The average Bonchev–Trinajstić information content (AvgIpc) is 2.45. The molecule has 120 valence electrons. The minimum atomic E-state index is -1.01. The Balaban J connectivity index is 1.86. The van der Waals surface area contributed by atoms with Crippen LogP contribution < -0.4 is 0 Å². The van der Waals surface area contributed by atoms with Crippen molar-refractivity contribution in [2.24, 2.45) is 5.92 Å². The van der Waals surface area contributed by atoms with Gasteiger partial charge in [-0.25, -0.2) is 4.79 Å². The molecule has 0 unspecified atom stereocenters. The van der Waals surface area contributed by atoms with Crippen molar-refractivity contribution in [2.45, 2.75) is 39.3 Å². The molecule has 0 spiro atoms. The molecular formula is C17H22O5. The Morgan fingerprint density at radius 1 is 1.23 bits per heavy atom. The van der Waals surface area contributed by atoms with Crippen LogP contribution in [0.1, 0.15) is 26.3 Å². The SMILES string of the molecule is C[C@H](C1=CC(=O)OC(C)(C)O1)[C@H](O)COCc1ccccc1. The molecule has 0 saturated heterocycles. The van der Waals surface area contributed by atoms with E-state index in [0.29, 0.717) is 12.4 Å². The monoisotopic (exact) mass is 306 g/mol. The summed E-state index contributed by atoms with van der Waals surface area (Å²) in [5.41, 5.74) is 1.04. The van der Waals surface area contributed by atoms with Crippen LogP contribution in [0.15, 0.2) is 42.2 Å². The number of carbonyl (C=O) groups is 1. The summed E-state index contributed by atoms with van der Waals surface area (Å²) in [6.45, 7) is 5.69. The van der Waals surface area contributed by atoms with E-state index in [1.165, 1.54) is 6.08 Å². The Bertz CT molecular complexity index is 535. The van der Waals surface area contributed by atoms with E-state index >= 15 is 0 Å². The maximum atomic E-state index is 11.5. The largest absolute Gasteiger partial charge is 0.456 e. The molecule has 22 heavy (non-hydrogen) atoms. The molecule has 0 radical (unpaired) electrons. The Morgan fingerprint density at radius 2 is 1.91 bits per heavy atom. The number of benzene rings is 1. The van der Waals surface area contributed by atoms with Gasteiger partial charge in [0.25, 0.3) is 0 Å². The van der Waals surface area contributed by atoms with Gasteiger partial charge in [-0.05, 0) is 5.56 Å². The third kappa shape index (κ3) is 4.58. The first-order valence-corrected chi connectivity index (χ1v) is 7.31. The third-order valence-electron chi connectivity index (χ3n) is 3.40. The number of carbonyl (C=O) groups excluding carboxylic acids is 1. The van der Waals surface area contributed by atoms with Gasteiger partial charge >= 0.3 is 5.97 Å². The van der Waals surface area contributed by atoms with Crippen molar-refractivity contribution >= 4 is 5.97 Å². The van der Waals surface area contributed by atoms with Crippen molar-refractivity contribution in [3.05, 3.63) is 47.7 Å². The molecule has 2 rings (SSSR count). The zero-order valence-electron chi connectivity index (χ0n) is 13.1. The van der Waals surface area contributed by atoms with Gasteiger partial charge in [-0.3, -0.25) is 0 Å². The predicted octanol–water partition coefficient (Wildman–Crippen LogP) is 2.39. The lowest BCUT2D eigenvalue weighted by Crippen LogP contribution is -2.38. The Morgan fingerprint density at radius 3 is 2.55 bits per heavy atom. The maximum Gasteiger partial charge on any atom is 0.337 e. The third-order valence-corrected chi connectivity index (χ3v) is 3.40.